The van der Waals surface area contributed by atoms with Gasteiger partial charge in [-0.2, -0.15) is 0 Å². The lowest BCUT2D eigenvalue weighted by Gasteiger charge is -2.06. The molecule has 5 nitrogen and oxygen atoms in total. The maximum atomic E-state index is 11.8. The van der Waals surface area contributed by atoms with Gasteiger partial charge in [0, 0.05) is 23.5 Å². The van der Waals surface area contributed by atoms with Crippen molar-refractivity contribution < 1.29 is 0 Å². The van der Waals surface area contributed by atoms with Crippen molar-refractivity contribution in [3.63, 3.8) is 0 Å². The second-order valence-corrected chi connectivity index (χ2v) is 3.97. The third-order valence-corrected chi connectivity index (χ3v) is 2.44. The van der Waals surface area contributed by atoms with E-state index in [0.717, 1.165) is 5.69 Å². The van der Waals surface area contributed by atoms with Gasteiger partial charge in [-0.3, -0.25) is 4.79 Å². The van der Waals surface area contributed by atoms with Gasteiger partial charge in [-0.15, -0.1) is 0 Å². The summed E-state index contributed by atoms with van der Waals surface area (Å²) in [7, 11) is 0. The van der Waals surface area contributed by atoms with Gasteiger partial charge in [-0.1, -0.05) is 6.07 Å². The summed E-state index contributed by atoms with van der Waals surface area (Å²) in [6, 6.07) is 5.31. The van der Waals surface area contributed by atoms with E-state index in [-0.39, 0.29) is 5.56 Å². The van der Waals surface area contributed by atoms with E-state index >= 15 is 0 Å². The Bertz CT molecular complexity index is 583. The number of hydrogen-bond acceptors (Lipinski definition) is 4. The van der Waals surface area contributed by atoms with Crippen molar-refractivity contribution in [2.45, 2.75) is 20.4 Å². The molecule has 0 aliphatic carbocycles. The summed E-state index contributed by atoms with van der Waals surface area (Å²) in [4.78, 5) is 20.2. The molecule has 0 bridgehead atoms. The lowest BCUT2D eigenvalue weighted by atomic mass is 10.3. The van der Waals surface area contributed by atoms with Crippen LogP contribution in [0.25, 0.3) is 0 Å². The molecule has 0 aliphatic rings. The number of rotatable bonds is 2. The van der Waals surface area contributed by atoms with Crippen LogP contribution in [0.2, 0.25) is 0 Å². The van der Waals surface area contributed by atoms with Gasteiger partial charge in [-0.05, 0) is 19.9 Å². The highest BCUT2D eigenvalue weighted by molar-refractivity contribution is 5.29. The lowest BCUT2D eigenvalue weighted by Crippen LogP contribution is -2.22. The standard InChI is InChI=1S/C12H14N4O/c1-8-4-3-5-16(12(8)17)7-11-14-9(2)6-10(13)15-11/h3-6H,7H2,1-2H3,(H2,13,14,15). The molecule has 2 rings (SSSR count). The van der Waals surface area contributed by atoms with Gasteiger partial charge in [0.1, 0.15) is 5.82 Å². The van der Waals surface area contributed by atoms with Crippen LogP contribution in [0.1, 0.15) is 17.1 Å². The van der Waals surface area contributed by atoms with Crippen molar-refractivity contribution in [2.75, 3.05) is 5.73 Å². The molecule has 0 saturated heterocycles. The maximum absolute atomic E-state index is 11.8. The summed E-state index contributed by atoms with van der Waals surface area (Å²) >= 11 is 0. The van der Waals surface area contributed by atoms with E-state index < -0.39 is 0 Å². The van der Waals surface area contributed by atoms with Crippen LogP contribution in [0.4, 0.5) is 5.82 Å². The first-order valence-electron chi connectivity index (χ1n) is 5.32. The Labute approximate surface area is 99.0 Å². The molecular weight excluding hydrogens is 216 g/mol. The first-order chi connectivity index (χ1) is 8.06. The molecule has 0 aromatic carbocycles. The predicted molar refractivity (Wildman–Crippen MR) is 65.7 cm³/mol. The summed E-state index contributed by atoms with van der Waals surface area (Å²) in [5.41, 5.74) is 7.11. The second-order valence-electron chi connectivity index (χ2n) is 3.97. The van der Waals surface area contributed by atoms with Crippen LogP contribution >= 0.6 is 0 Å². The van der Waals surface area contributed by atoms with Crippen molar-refractivity contribution in [3.8, 4) is 0 Å². The second kappa shape index (κ2) is 4.37. The first-order valence-corrected chi connectivity index (χ1v) is 5.32. The Morgan fingerprint density at radius 2 is 2.12 bits per heavy atom. The minimum Gasteiger partial charge on any atom is -0.384 e. The summed E-state index contributed by atoms with van der Waals surface area (Å²) in [6.45, 7) is 3.97. The molecular formula is C12H14N4O. The smallest absolute Gasteiger partial charge is 0.253 e. The molecule has 0 fully saturated rings. The minimum atomic E-state index is -0.0313. The summed E-state index contributed by atoms with van der Waals surface area (Å²) < 4.78 is 1.57. The molecule has 2 aromatic heterocycles. The van der Waals surface area contributed by atoms with Crippen LogP contribution in [-0.2, 0) is 6.54 Å². The third kappa shape index (κ3) is 2.50. The molecule has 0 saturated carbocycles. The van der Waals surface area contributed by atoms with Gasteiger partial charge in [0.25, 0.3) is 5.56 Å². The van der Waals surface area contributed by atoms with Gasteiger partial charge < -0.3 is 10.3 Å². The molecule has 2 N–H and O–H groups in total. The first kappa shape index (κ1) is 11.3. The average molecular weight is 230 g/mol. The number of nitrogens with zero attached hydrogens (tertiary/aromatic N) is 3. The molecule has 5 heteroatoms. The number of nitrogen functional groups attached to an aromatic ring is 1. The molecule has 2 heterocycles. The van der Waals surface area contributed by atoms with Crippen LogP contribution in [0, 0.1) is 13.8 Å². The molecule has 17 heavy (non-hydrogen) atoms. The van der Waals surface area contributed by atoms with Gasteiger partial charge in [0.2, 0.25) is 0 Å². The summed E-state index contributed by atoms with van der Waals surface area (Å²) in [5, 5.41) is 0. The van der Waals surface area contributed by atoms with Crippen molar-refractivity contribution in [1.82, 2.24) is 14.5 Å². The van der Waals surface area contributed by atoms with E-state index in [4.69, 9.17) is 5.73 Å². The quantitative estimate of drug-likeness (QED) is 0.831. The summed E-state index contributed by atoms with van der Waals surface area (Å²) in [5.74, 6) is 0.975. The van der Waals surface area contributed by atoms with E-state index in [1.807, 2.05) is 13.0 Å². The summed E-state index contributed by atoms with van der Waals surface area (Å²) in [6.07, 6.45) is 1.72. The molecule has 0 atom stereocenters. The molecule has 0 amide bonds. The highest BCUT2D eigenvalue weighted by Crippen LogP contribution is 2.03. The van der Waals surface area contributed by atoms with Crippen molar-refractivity contribution in [2.24, 2.45) is 0 Å². The fraction of sp³-hybridized carbons (Fsp3) is 0.250. The van der Waals surface area contributed by atoms with E-state index in [1.165, 1.54) is 0 Å². The molecule has 2 aromatic rings. The van der Waals surface area contributed by atoms with Crippen LogP contribution in [0.5, 0.6) is 0 Å². The maximum Gasteiger partial charge on any atom is 0.253 e. The fourth-order valence-corrected chi connectivity index (χ4v) is 1.66. The molecule has 0 aliphatic heterocycles. The number of aryl methyl sites for hydroxylation is 2. The van der Waals surface area contributed by atoms with Crippen LogP contribution < -0.4 is 11.3 Å². The number of pyridine rings is 1. The number of nitrogens with two attached hydrogens (primary N) is 1. The van der Waals surface area contributed by atoms with E-state index in [2.05, 4.69) is 9.97 Å². The molecule has 0 radical (unpaired) electrons. The van der Waals surface area contributed by atoms with E-state index in [9.17, 15) is 4.79 Å². The average Bonchev–Trinajstić information content (AvgIpc) is 2.23. The Morgan fingerprint density at radius 3 is 2.82 bits per heavy atom. The van der Waals surface area contributed by atoms with E-state index in [0.29, 0.717) is 23.8 Å². The molecule has 0 spiro atoms. The zero-order chi connectivity index (χ0) is 12.4. The number of hydrogen-bond donors (Lipinski definition) is 1. The number of anilines is 1. The highest BCUT2D eigenvalue weighted by Gasteiger charge is 2.03. The van der Waals surface area contributed by atoms with Crippen LogP contribution in [-0.4, -0.2) is 14.5 Å². The Balaban J connectivity index is 2.38. The molecule has 88 valence electrons. The van der Waals surface area contributed by atoms with Crippen molar-refractivity contribution >= 4 is 5.82 Å². The van der Waals surface area contributed by atoms with Gasteiger partial charge in [0.05, 0.1) is 6.54 Å². The Kier molecular flexibility index (Phi) is 2.91. The van der Waals surface area contributed by atoms with Gasteiger partial charge in [0.15, 0.2) is 5.82 Å². The lowest BCUT2D eigenvalue weighted by molar-refractivity contribution is 0.707. The SMILES string of the molecule is Cc1cc(N)nc(Cn2cccc(C)c2=O)n1. The predicted octanol–water partition coefficient (Wildman–Crippen LogP) is 0.886. The zero-order valence-corrected chi connectivity index (χ0v) is 9.84. The van der Waals surface area contributed by atoms with Crippen LogP contribution in [0.15, 0.2) is 29.2 Å². The van der Waals surface area contributed by atoms with Gasteiger partial charge in [-0.25, -0.2) is 9.97 Å². The fourth-order valence-electron chi connectivity index (χ4n) is 1.66. The monoisotopic (exact) mass is 230 g/mol. The highest BCUT2D eigenvalue weighted by atomic mass is 16.1. The molecule has 0 unspecified atom stereocenters. The van der Waals surface area contributed by atoms with Crippen molar-refractivity contribution in [1.29, 1.82) is 0 Å². The largest absolute Gasteiger partial charge is 0.384 e. The Morgan fingerprint density at radius 1 is 1.35 bits per heavy atom. The zero-order valence-electron chi connectivity index (χ0n) is 9.84. The normalized spacial score (nSPS) is 10.5. The topological polar surface area (TPSA) is 73.8 Å². The third-order valence-electron chi connectivity index (χ3n) is 2.44. The van der Waals surface area contributed by atoms with Crippen LogP contribution in [0.3, 0.4) is 0 Å². The number of aromatic nitrogens is 3. The van der Waals surface area contributed by atoms with Crippen molar-refractivity contribution in [3.05, 3.63) is 51.8 Å². The Hall–Kier alpha value is -2.17. The van der Waals surface area contributed by atoms with Gasteiger partial charge >= 0.3 is 0 Å². The minimum absolute atomic E-state index is 0.0313. The van der Waals surface area contributed by atoms with E-state index in [1.54, 1.807) is 29.8 Å².